The third kappa shape index (κ3) is 4.46. The molecule has 1 aliphatic heterocycles. The van der Waals surface area contributed by atoms with E-state index in [9.17, 15) is 4.79 Å². The fourth-order valence-corrected chi connectivity index (χ4v) is 4.59. The molecule has 1 saturated heterocycles. The first kappa shape index (κ1) is 21.5. The summed E-state index contributed by atoms with van der Waals surface area (Å²) in [5.74, 6) is 1.90. The number of imidazole rings is 1. The molecule has 1 fully saturated rings. The van der Waals surface area contributed by atoms with Crippen LogP contribution in [-0.2, 0) is 17.8 Å². The number of hydrogen-bond donors (Lipinski definition) is 0. The molecule has 1 aliphatic rings. The van der Waals surface area contributed by atoms with Crippen molar-refractivity contribution in [2.45, 2.75) is 32.2 Å². The van der Waals surface area contributed by atoms with Crippen molar-refractivity contribution in [3.63, 3.8) is 0 Å². The van der Waals surface area contributed by atoms with Gasteiger partial charge >= 0.3 is 0 Å². The minimum absolute atomic E-state index is 0.0336. The summed E-state index contributed by atoms with van der Waals surface area (Å²) < 4.78 is 8.15. The topological polar surface area (TPSA) is 47.4 Å². The van der Waals surface area contributed by atoms with Gasteiger partial charge in [-0.15, -0.1) is 0 Å². The number of ether oxygens (including phenoxy) is 1. The lowest BCUT2D eigenvalue weighted by atomic mass is 10.1. The van der Waals surface area contributed by atoms with Gasteiger partial charge in [0.2, 0.25) is 5.91 Å². The summed E-state index contributed by atoms with van der Waals surface area (Å²) in [6, 6.07) is 23.8. The number of aromatic nitrogens is 2. The second kappa shape index (κ2) is 9.28. The monoisotopic (exact) mass is 459 g/mol. The molecule has 0 bridgehead atoms. The molecule has 0 unspecified atom stereocenters. The fraction of sp³-hybridized carbons (Fsp3) is 0.259. The van der Waals surface area contributed by atoms with E-state index in [4.69, 9.17) is 21.3 Å². The molecule has 0 radical (unpaired) electrons. The third-order valence-electron chi connectivity index (χ3n) is 6.23. The van der Waals surface area contributed by atoms with Gasteiger partial charge in [0.05, 0.1) is 17.6 Å². The quantitative estimate of drug-likeness (QED) is 0.348. The van der Waals surface area contributed by atoms with Gasteiger partial charge in [-0.05, 0) is 60.5 Å². The number of amides is 1. The zero-order valence-electron chi connectivity index (χ0n) is 18.6. The van der Waals surface area contributed by atoms with Crippen LogP contribution in [0.5, 0.6) is 5.75 Å². The second-order valence-electron chi connectivity index (χ2n) is 8.34. The number of halogens is 1. The van der Waals surface area contributed by atoms with Crippen molar-refractivity contribution >= 4 is 34.2 Å². The highest BCUT2D eigenvalue weighted by molar-refractivity contribution is 6.30. The van der Waals surface area contributed by atoms with E-state index in [2.05, 4.69) is 29.7 Å². The number of rotatable bonds is 7. The summed E-state index contributed by atoms with van der Waals surface area (Å²) in [7, 11) is 0. The molecule has 0 N–H and O–H groups in total. The van der Waals surface area contributed by atoms with Crippen LogP contribution in [0.2, 0.25) is 5.02 Å². The highest BCUT2D eigenvalue weighted by Crippen LogP contribution is 2.33. The Morgan fingerprint density at radius 2 is 1.79 bits per heavy atom. The van der Waals surface area contributed by atoms with Crippen molar-refractivity contribution in [2.75, 3.05) is 18.1 Å². The second-order valence-corrected chi connectivity index (χ2v) is 8.77. The van der Waals surface area contributed by atoms with Gasteiger partial charge in [0, 0.05) is 29.6 Å². The van der Waals surface area contributed by atoms with Crippen molar-refractivity contribution in [1.29, 1.82) is 0 Å². The molecule has 5 nitrogen and oxygen atoms in total. The van der Waals surface area contributed by atoms with Crippen molar-refractivity contribution in [1.82, 2.24) is 9.55 Å². The van der Waals surface area contributed by atoms with Gasteiger partial charge in [-0.3, -0.25) is 4.79 Å². The van der Waals surface area contributed by atoms with Crippen molar-refractivity contribution in [3.8, 4) is 5.75 Å². The summed E-state index contributed by atoms with van der Waals surface area (Å²) in [6.45, 7) is 3.91. The van der Waals surface area contributed by atoms with E-state index in [1.165, 1.54) is 5.56 Å². The van der Waals surface area contributed by atoms with E-state index >= 15 is 0 Å². The third-order valence-corrected chi connectivity index (χ3v) is 6.48. The van der Waals surface area contributed by atoms with Crippen LogP contribution >= 0.6 is 11.6 Å². The number of anilines is 1. The smallest absolute Gasteiger partial charge is 0.227 e. The van der Waals surface area contributed by atoms with Gasteiger partial charge in [-0.25, -0.2) is 4.98 Å². The molecule has 3 aromatic carbocycles. The zero-order valence-corrected chi connectivity index (χ0v) is 19.3. The highest BCUT2D eigenvalue weighted by atomic mass is 35.5. The van der Waals surface area contributed by atoms with Crippen LogP contribution in [-0.4, -0.2) is 28.6 Å². The molecule has 0 spiro atoms. The van der Waals surface area contributed by atoms with Gasteiger partial charge in [-0.1, -0.05) is 42.8 Å². The molecule has 0 aliphatic carbocycles. The van der Waals surface area contributed by atoms with Crippen LogP contribution in [0.1, 0.15) is 30.7 Å². The molecule has 1 amide bonds. The molecule has 0 saturated carbocycles. The zero-order chi connectivity index (χ0) is 22.8. The highest BCUT2D eigenvalue weighted by Gasteiger charge is 2.34. The van der Waals surface area contributed by atoms with Crippen molar-refractivity contribution in [3.05, 3.63) is 89.2 Å². The van der Waals surface area contributed by atoms with Gasteiger partial charge in [0.15, 0.2) is 0 Å². The van der Waals surface area contributed by atoms with Crippen LogP contribution in [0, 0.1) is 0 Å². The molecular weight excluding hydrogens is 434 g/mol. The number of nitrogens with zero attached hydrogens (tertiary/aromatic N) is 3. The molecule has 6 heteroatoms. The summed E-state index contributed by atoms with van der Waals surface area (Å²) in [4.78, 5) is 19.7. The van der Waals surface area contributed by atoms with Gasteiger partial charge < -0.3 is 14.2 Å². The maximum absolute atomic E-state index is 12.9. The number of fused-ring (bicyclic) bond motifs is 1. The number of benzene rings is 3. The van der Waals surface area contributed by atoms with Crippen LogP contribution in [0.4, 0.5) is 5.69 Å². The first-order chi connectivity index (χ1) is 16.1. The Morgan fingerprint density at radius 3 is 2.55 bits per heavy atom. The van der Waals surface area contributed by atoms with Gasteiger partial charge in [-0.2, -0.15) is 0 Å². The summed E-state index contributed by atoms with van der Waals surface area (Å²) >= 11 is 5.97. The molecule has 1 atom stereocenters. The Hall–Kier alpha value is -3.31. The van der Waals surface area contributed by atoms with Crippen LogP contribution in [0.15, 0.2) is 72.8 Å². The van der Waals surface area contributed by atoms with E-state index in [1.807, 2.05) is 59.5 Å². The van der Waals surface area contributed by atoms with Crippen LogP contribution in [0.25, 0.3) is 11.0 Å². The largest absolute Gasteiger partial charge is 0.492 e. The van der Waals surface area contributed by atoms with E-state index in [0.29, 0.717) is 31.1 Å². The number of hydrogen-bond acceptors (Lipinski definition) is 3. The van der Waals surface area contributed by atoms with Crippen LogP contribution < -0.4 is 9.64 Å². The lowest BCUT2D eigenvalue weighted by molar-refractivity contribution is -0.117. The number of aryl methyl sites for hydroxylation is 1. The van der Waals surface area contributed by atoms with E-state index in [0.717, 1.165) is 34.7 Å². The molecule has 2 heterocycles. The number of carbonyl (C=O) groups excluding carboxylic acids is 1. The maximum Gasteiger partial charge on any atom is 0.227 e. The summed E-state index contributed by atoms with van der Waals surface area (Å²) in [5.41, 5.74) is 4.22. The Labute approximate surface area is 198 Å². The van der Waals surface area contributed by atoms with E-state index in [-0.39, 0.29) is 11.8 Å². The normalized spacial score (nSPS) is 16.0. The standard InChI is InChI=1S/C27H26ClN3O2/c1-2-19-7-11-22(12-8-19)31-18-20(17-26(31)32)27-29-24-5-3-4-6-25(24)30(27)15-16-33-23-13-9-21(28)10-14-23/h3-14,20H,2,15-18H2,1H3/t20-/m0/s1. The average Bonchev–Trinajstić information content (AvgIpc) is 3.41. The van der Waals surface area contributed by atoms with Gasteiger partial charge in [0.1, 0.15) is 18.2 Å². The molecule has 1 aromatic heterocycles. The van der Waals surface area contributed by atoms with E-state index < -0.39 is 0 Å². The predicted molar refractivity (Wildman–Crippen MR) is 132 cm³/mol. The lowest BCUT2D eigenvalue weighted by Crippen LogP contribution is -2.24. The predicted octanol–water partition coefficient (Wildman–Crippen LogP) is 5.85. The molecule has 5 rings (SSSR count). The van der Waals surface area contributed by atoms with Crippen molar-refractivity contribution in [2.24, 2.45) is 0 Å². The molecule has 168 valence electrons. The van der Waals surface area contributed by atoms with Crippen molar-refractivity contribution < 1.29 is 9.53 Å². The first-order valence-electron chi connectivity index (χ1n) is 11.3. The van der Waals surface area contributed by atoms with Gasteiger partial charge in [0.25, 0.3) is 0 Å². The SMILES string of the molecule is CCc1ccc(N2C[C@@H](c3nc4ccccc4n3CCOc3ccc(Cl)cc3)CC2=O)cc1. The Morgan fingerprint density at radius 1 is 1.03 bits per heavy atom. The summed E-state index contributed by atoms with van der Waals surface area (Å²) in [5, 5.41) is 0.685. The number of carbonyl (C=O) groups is 1. The van der Waals surface area contributed by atoms with Crippen LogP contribution in [0.3, 0.4) is 0 Å². The Balaban J connectivity index is 1.38. The first-order valence-corrected chi connectivity index (χ1v) is 11.7. The minimum Gasteiger partial charge on any atom is -0.492 e. The number of para-hydroxylation sites is 2. The van der Waals surface area contributed by atoms with E-state index in [1.54, 1.807) is 0 Å². The fourth-order valence-electron chi connectivity index (χ4n) is 4.47. The Bertz CT molecular complexity index is 1270. The molecule has 4 aromatic rings. The molecule has 33 heavy (non-hydrogen) atoms. The molecular formula is C27H26ClN3O2. The summed E-state index contributed by atoms with van der Waals surface area (Å²) in [6.07, 6.45) is 1.44. The Kier molecular flexibility index (Phi) is 6.05. The minimum atomic E-state index is 0.0336. The lowest BCUT2D eigenvalue weighted by Gasteiger charge is -2.18. The average molecular weight is 460 g/mol. The maximum atomic E-state index is 12.9.